The van der Waals surface area contributed by atoms with Gasteiger partial charge in [-0.3, -0.25) is 38.4 Å². The summed E-state index contributed by atoms with van der Waals surface area (Å²) >= 11 is 0. The summed E-state index contributed by atoms with van der Waals surface area (Å²) in [5.74, 6) is 2.14. The van der Waals surface area contributed by atoms with E-state index in [2.05, 4.69) is 46.1 Å². The number of carbonyl (C=O) groups excluding carboxylic acids is 8. The lowest BCUT2D eigenvalue weighted by Crippen LogP contribution is -2.48. The summed E-state index contributed by atoms with van der Waals surface area (Å²) in [5, 5.41) is 0. The van der Waals surface area contributed by atoms with Crippen molar-refractivity contribution in [3.8, 4) is 34.9 Å². The summed E-state index contributed by atoms with van der Waals surface area (Å²) in [6.45, 7) is 36.5. The van der Waals surface area contributed by atoms with E-state index in [1.165, 1.54) is 13.3 Å². The average Bonchev–Trinajstić information content (AvgIpc) is 1.59. The highest BCUT2D eigenvalue weighted by Crippen LogP contribution is 2.59. The summed E-state index contributed by atoms with van der Waals surface area (Å²) in [4.78, 5) is 141. The second kappa shape index (κ2) is 39.6. The Hall–Kier alpha value is -9.42. The van der Waals surface area contributed by atoms with Gasteiger partial charge in [-0.1, -0.05) is 128 Å². The van der Waals surface area contributed by atoms with E-state index < -0.39 is 52.7 Å². The number of esters is 3. The van der Waals surface area contributed by atoms with Gasteiger partial charge in [-0.05, 0) is 207 Å². The van der Waals surface area contributed by atoms with Crippen LogP contribution in [-0.2, 0) is 71.8 Å². The first-order valence-corrected chi connectivity index (χ1v) is 48.2. The van der Waals surface area contributed by atoms with Crippen molar-refractivity contribution in [3.63, 3.8) is 0 Å². The zero-order valence-corrected chi connectivity index (χ0v) is 80.1. The molecule has 0 N–H and O–H groups in total. The molecule has 0 spiro atoms. The first-order chi connectivity index (χ1) is 61.3. The minimum absolute atomic E-state index is 0.00285. The van der Waals surface area contributed by atoms with Crippen LogP contribution in [0.2, 0.25) is 0 Å². The summed E-state index contributed by atoms with van der Waals surface area (Å²) in [6, 6.07) is 16.0. The molecule has 8 heterocycles. The lowest BCUT2D eigenvalue weighted by Gasteiger charge is -2.39. The molecule has 700 valence electrons. The Balaban J connectivity index is 0.000000156. The fourth-order valence-corrected chi connectivity index (χ4v) is 22.6. The molecule has 5 aliphatic heterocycles. The molecule has 5 aliphatic carbocycles. The third-order valence-corrected chi connectivity index (χ3v) is 30.4. The molecule has 21 atom stereocenters. The lowest BCUT2D eigenvalue weighted by atomic mass is 9.70. The normalized spacial score (nSPS) is 31.4. The van der Waals surface area contributed by atoms with Crippen molar-refractivity contribution in [2.45, 2.75) is 320 Å². The van der Waals surface area contributed by atoms with Crippen molar-refractivity contribution in [1.29, 1.82) is 0 Å². The van der Waals surface area contributed by atoms with Crippen LogP contribution in [0.25, 0.3) is 33.1 Å². The Labute approximate surface area is 762 Å². The predicted molar refractivity (Wildman–Crippen MR) is 491 cm³/mol. The van der Waals surface area contributed by atoms with E-state index >= 15 is 0 Å². The number of amides is 1. The number of aromatic nitrogens is 6. The number of rotatable bonds is 8. The maximum Gasteiger partial charge on any atom is 0.307 e. The molecule has 129 heavy (non-hydrogen) atoms. The van der Waals surface area contributed by atoms with E-state index in [-0.39, 0.29) is 132 Å². The van der Waals surface area contributed by atoms with Gasteiger partial charge < -0.3 is 52.4 Å². The van der Waals surface area contributed by atoms with Gasteiger partial charge in [0.1, 0.15) is 82.0 Å². The zero-order chi connectivity index (χ0) is 92.6. The van der Waals surface area contributed by atoms with Gasteiger partial charge in [-0.2, -0.15) is 0 Å². The number of nitrogens with zero attached hydrogens (tertiary/aromatic N) is 8. The zero-order valence-electron chi connectivity index (χ0n) is 80.1. The number of benzene rings is 3. The van der Waals surface area contributed by atoms with E-state index in [1.54, 1.807) is 40.1 Å². The fraction of sp³-hybridized carbons (Fsp3) is 0.673. The Morgan fingerprint density at radius 3 is 1.36 bits per heavy atom. The fourth-order valence-electron chi connectivity index (χ4n) is 22.6. The average molecular weight is 1780 g/mol. The van der Waals surface area contributed by atoms with Crippen molar-refractivity contribution in [3.05, 3.63) is 84.0 Å². The van der Waals surface area contributed by atoms with Crippen LogP contribution in [0.3, 0.4) is 0 Å². The van der Waals surface area contributed by atoms with Gasteiger partial charge in [0, 0.05) is 71.2 Å². The first kappa shape index (κ1) is 95.7. The van der Waals surface area contributed by atoms with Crippen LogP contribution >= 0.6 is 0 Å². The van der Waals surface area contributed by atoms with Crippen molar-refractivity contribution < 1.29 is 81.0 Å². The van der Waals surface area contributed by atoms with Gasteiger partial charge in [-0.15, -0.1) is 0 Å². The highest BCUT2D eigenvalue weighted by atomic mass is 16.6. The van der Waals surface area contributed by atoms with Gasteiger partial charge in [0.05, 0.1) is 105 Å². The van der Waals surface area contributed by atoms with Gasteiger partial charge in [0.2, 0.25) is 23.5 Å². The maximum absolute atomic E-state index is 14.4. The number of ether oxygens (including phenoxy) is 9. The van der Waals surface area contributed by atoms with Gasteiger partial charge >= 0.3 is 17.9 Å². The lowest BCUT2D eigenvalue weighted by molar-refractivity contribution is -0.156. The number of hydrogen-bond acceptors (Lipinski definition) is 24. The first-order valence-electron chi connectivity index (χ1n) is 48.2. The number of fused-ring (bicyclic) bond motifs is 17. The molecule has 7 fully saturated rings. The Bertz CT molecular complexity index is 5150. The minimum Gasteiger partial charge on any atom is -0.497 e. The topological polar surface area (TPSA) is 303 Å². The van der Waals surface area contributed by atoms with Crippen LogP contribution < -0.4 is 28.4 Å². The summed E-state index contributed by atoms with van der Waals surface area (Å²) < 4.78 is 54.5. The van der Waals surface area contributed by atoms with Crippen molar-refractivity contribution in [1.82, 2.24) is 39.7 Å². The predicted octanol–water partition coefficient (Wildman–Crippen LogP) is 18.6. The SMILES string of the molecule is C=C1[C@H](C(C)(C)C)CC(=O)O[C@]2(C)C[C@H]2CCCCCc2nc3ccc(OC)cc3nc2O[C@H]2CN1[C@H](C(C)=O)[C@@H]2CC.CC[C@@H]1[C@@H]2CN(C(=O)[C@H](C(C)(C)C)CC(=O)O[C@@H]3C[C@H]3CCCCCc3nc4ccc(OC)cc4nc3O2)[C@@H]1C(C)=O.COc1ccc2nc3c(nc2c1)O[C@H]1CC(C(=O)[C@H](C(C)(C)C)CC(=O)O[C@@H]2CC4CC4[C@H]2CCCCC3)[C@H](C(C)=O)[C@@H]1C. The molecule has 0 radical (unpaired) electrons. The minimum atomic E-state index is -0.639. The van der Waals surface area contributed by atoms with Crippen LogP contribution in [0, 0.1) is 93.2 Å². The quantitative estimate of drug-likeness (QED) is 0.101. The summed E-state index contributed by atoms with van der Waals surface area (Å²) in [5.41, 5.74) is 6.07. The maximum atomic E-state index is 14.4. The smallest absolute Gasteiger partial charge is 0.307 e. The number of allylic oxidation sites excluding steroid dienone is 1. The number of aryl methyl sites for hydroxylation is 3. The van der Waals surface area contributed by atoms with Crippen molar-refractivity contribution >= 4 is 80.0 Å². The Morgan fingerprint density at radius 2 is 0.899 bits per heavy atom. The molecule has 6 aromatic rings. The molecule has 2 saturated heterocycles. The highest BCUT2D eigenvalue weighted by molar-refractivity contribution is 5.94. The Morgan fingerprint density at radius 1 is 0.465 bits per heavy atom. The van der Waals surface area contributed by atoms with Crippen LogP contribution in [0.1, 0.15) is 269 Å². The molecule has 3 aromatic heterocycles. The summed E-state index contributed by atoms with van der Waals surface area (Å²) in [6.07, 6.45) is 19.3. The van der Waals surface area contributed by atoms with Crippen LogP contribution in [0.15, 0.2) is 66.9 Å². The number of methoxy groups -OCH3 is 3. The molecule has 25 heteroatoms. The van der Waals surface area contributed by atoms with Crippen LogP contribution in [-0.4, -0.2) is 169 Å². The van der Waals surface area contributed by atoms with Gasteiger partial charge in [-0.25, -0.2) is 29.9 Å². The highest BCUT2D eigenvalue weighted by Gasteiger charge is 2.58. The number of ketones is 4. The molecule has 10 aliphatic rings. The molecule has 5 saturated carbocycles. The van der Waals surface area contributed by atoms with Crippen LogP contribution in [0.5, 0.6) is 34.9 Å². The molecule has 25 nitrogen and oxygen atoms in total. The monoisotopic (exact) mass is 1780 g/mol. The number of Topliss-reactive ketones (excluding diaryl/α,β-unsaturated/α-hetero) is 4. The van der Waals surface area contributed by atoms with Gasteiger partial charge in [0.25, 0.3) is 0 Å². The Kier molecular flexibility index (Phi) is 29.3. The molecule has 3 unspecified atom stereocenters. The second-order valence-corrected chi connectivity index (χ2v) is 42.6. The molecular weight excluding hydrogens is 1630 g/mol. The largest absolute Gasteiger partial charge is 0.497 e. The number of carbonyl (C=O) groups is 8. The van der Waals surface area contributed by atoms with Crippen molar-refractivity contribution in [2.24, 2.45) is 93.2 Å². The van der Waals surface area contributed by atoms with E-state index in [1.807, 2.05) is 110 Å². The van der Waals surface area contributed by atoms with E-state index in [4.69, 9.17) is 72.5 Å². The molecular formula is C104H142N8O17. The van der Waals surface area contributed by atoms with Gasteiger partial charge in [0.15, 0.2) is 11.6 Å². The van der Waals surface area contributed by atoms with Crippen LogP contribution in [0.4, 0.5) is 0 Å². The molecule has 16 rings (SSSR count). The standard InChI is InChI=1S/C36H48N2O6.C35H49N3O5.C33H45N3O6/c1-19-30-17-25(33(19)20(2)39)34(41)26(36(3,4)5)18-32(40)43-31-15-21-14-24(21)23(31)10-8-7-9-11-28-35(44-30)38-29-16-22(42-6)12-13-27(29)37-28;1-9-25-30-20-38(32(25)22(3)39)21(2)26(34(4,5)6)18-31(40)43-35(7)19-23(35)13-11-10-12-14-28-33(42-30)37-29-17-24(41-8)15-16-27(29)36-28;1-7-22-28-18-36(30(22)19(2)37)32(39)23(33(3,4)5)17-29(38)41-27-15-20(27)11-9-8-10-12-25-31(42-28)35-26-16-21(40-6)13-14-24(26)34-25/h12-13,16,19,21,23-26,30-31,33H,7-11,14-15,17-18H2,1-6H3;15-17,23,25-26,30,32H,2,9-14,18-20H2,1,3-8H3;13-14,16,20,22-23,27-28,30H,7-12,15,17-18H2,1-6H3/t19-,21?,23-,24?,25?,26-,30+,31-,33+;23-,25-,26-,30+,32-,35-;20-,22-,23-,27-,28+,30-/m111/s1. The third-order valence-electron chi connectivity index (χ3n) is 30.4. The third kappa shape index (κ3) is 21.9. The van der Waals surface area contributed by atoms with E-state index in [9.17, 15) is 38.4 Å². The second-order valence-electron chi connectivity index (χ2n) is 42.6. The molecule has 3 aromatic carbocycles. The van der Waals surface area contributed by atoms with E-state index in [0.717, 1.165) is 160 Å². The molecule has 6 bridgehead atoms. The number of hydrogen-bond donors (Lipinski definition) is 0. The summed E-state index contributed by atoms with van der Waals surface area (Å²) in [7, 11) is 4.88. The molecule has 1 amide bonds. The van der Waals surface area contributed by atoms with Crippen molar-refractivity contribution in [2.75, 3.05) is 34.4 Å². The van der Waals surface area contributed by atoms with E-state index in [0.29, 0.717) is 101 Å².